The van der Waals surface area contributed by atoms with Gasteiger partial charge < -0.3 is 20.7 Å². The smallest absolute Gasteiger partial charge is 0.308 e. The average Bonchev–Trinajstić information content (AvgIpc) is 2.53. The summed E-state index contributed by atoms with van der Waals surface area (Å²) in [5.41, 5.74) is 0.389. The van der Waals surface area contributed by atoms with Gasteiger partial charge >= 0.3 is 5.97 Å². The SMILES string of the molecule is CC(=O)NCCC(=O)OCC(=O)NCC(=O)Nc1ccc(F)cc1. The number of carbonyl (C=O) groups is 4. The minimum atomic E-state index is -0.644. The lowest BCUT2D eigenvalue weighted by Crippen LogP contribution is -2.35. The zero-order valence-electron chi connectivity index (χ0n) is 13.1. The van der Waals surface area contributed by atoms with E-state index in [1.165, 1.54) is 31.2 Å². The van der Waals surface area contributed by atoms with Crippen LogP contribution < -0.4 is 16.0 Å². The maximum absolute atomic E-state index is 12.7. The molecule has 1 aromatic carbocycles. The van der Waals surface area contributed by atoms with E-state index in [4.69, 9.17) is 0 Å². The highest BCUT2D eigenvalue weighted by molar-refractivity contribution is 5.94. The Labute approximate surface area is 137 Å². The number of anilines is 1. The Bertz CT molecular complexity index is 604. The number of carbonyl (C=O) groups excluding carboxylic acids is 4. The largest absolute Gasteiger partial charge is 0.456 e. The van der Waals surface area contributed by atoms with Gasteiger partial charge in [0.2, 0.25) is 11.8 Å². The molecular formula is C15H18FN3O5. The summed E-state index contributed by atoms with van der Waals surface area (Å²) < 4.78 is 17.4. The van der Waals surface area contributed by atoms with Crippen LogP contribution in [0.4, 0.5) is 10.1 Å². The van der Waals surface area contributed by atoms with Crippen molar-refractivity contribution in [1.82, 2.24) is 10.6 Å². The first-order valence-electron chi connectivity index (χ1n) is 7.09. The number of nitrogens with one attached hydrogen (secondary N) is 3. The van der Waals surface area contributed by atoms with Crippen molar-refractivity contribution in [2.45, 2.75) is 13.3 Å². The van der Waals surface area contributed by atoms with Crippen molar-refractivity contribution < 1.29 is 28.3 Å². The second kappa shape index (κ2) is 9.93. The lowest BCUT2D eigenvalue weighted by atomic mass is 10.3. The number of benzene rings is 1. The van der Waals surface area contributed by atoms with Gasteiger partial charge in [-0.3, -0.25) is 19.2 Å². The third kappa shape index (κ3) is 8.47. The summed E-state index contributed by atoms with van der Waals surface area (Å²) in [5.74, 6) is -2.49. The van der Waals surface area contributed by atoms with Gasteiger partial charge in [0, 0.05) is 19.2 Å². The molecule has 130 valence electrons. The predicted octanol–water partition coefficient (Wildman–Crippen LogP) is -0.0502. The second-order valence-electron chi connectivity index (χ2n) is 4.73. The first kappa shape index (κ1) is 19.1. The maximum Gasteiger partial charge on any atom is 0.308 e. The van der Waals surface area contributed by atoms with E-state index in [9.17, 15) is 23.6 Å². The fourth-order valence-electron chi connectivity index (χ4n) is 1.53. The Balaban J connectivity index is 2.18. The highest BCUT2D eigenvalue weighted by Gasteiger charge is 2.09. The highest BCUT2D eigenvalue weighted by atomic mass is 19.1. The van der Waals surface area contributed by atoms with Crippen LogP contribution in [0, 0.1) is 5.82 Å². The number of hydrogen-bond acceptors (Lipinski definition) is 5. The standard InChI is InChI=1S/C15H18FN3O5/c1-10(20)17-7-6-15(23)24-9-14(22)18-8-13(21)19-12-4-2-11(16)3-5-12/h2-5H,6-9H2,1H3,(H,17,20)(H,18,22)(H,19,21). The maximum atomic E-state index is 12.7. The first-order chi connectivity index (χ1) is 11.4. The molecule has 0 aromatic heterocycles. The van der Waals surface area contributed by atoms with Crippen LogP contribution in [-0.2, 0) is 23.9 Å². The van der Waals surface area contributed by atoms with E-state index in [0.717, 1.165) is 0 Å². The van der Waals surface area contributed by atoms with Crippen LogP contribution in [0.25, 0.3) is 0 Å². The zero-order valence-corrected chi connectivity index (χ0v) is 13.1. The Morgan fingerprint density at radius 3 is 2.33 bits per heavy atom. The van der Waals surface area contributed by atoms with E-state index in [0.29, 0.717) is 5.69 Å². The summed E-state index contributed by atoms with van der Waals surface area (Å²) in [6.45, 7) is 0.591. The fraction of sp³-hybridized carbons (Fsp3) is 0.333. The van der Waals surface area contributed by atoms with Crippen LogP contribution >= 0.6 is 0 Å². The first-order valence-corrected chi connectivity index (χ1v) is 7.09. The Morgan fingerprint density at radius 1 is 1.04 bits per heavy atom. The molecule has 0 atom stereocenters. The monoisotopic (exact) mass is 339 g/mol. The van der Waals surface area contributed by atoms with Crippen molar-refractivity contribution >= 4 is 29.4 Å². The quantitative estimate of drug-likeness (QED) is 0.575. The molecule has 1 rings (SSSR count). The van der Waals surface area contributed by atoms with Gasteiger partial charge in [-0.15, -0.1) is 0 Å². The Morgan fingerprint density at radius 2 is 1.71 bits per heavy atom. The minimum Gasteiger partial charge on any atom is -0.456 e. The van der Waals surface area contributed by atoms with Crippen molar-refractivity contribution in [3.05, 3.63) is 30.1 Å². The molecule has 0 saturated carbocycles. The van der Waals surface area contributed by atoms with Crippen molar-refractivity contribution in [1.29, 1.82) is 0 Å². The molecule has 1 aromatic rings. The van der Waals surface area contributed by atoms with E-state index in [1.54, 1.807) is 0 Å². The Kier molecular flexibility index (Phi) is 7.89. The minimum absolute atomic E-state index is 0.0576. The van der Waals surface area contributed by atoms with Crippen molar-refractivity contribution in [3.8, 4) is 0 Å². The summed E-state index contributed by atoms with van der Waals surface area (Å²) >= 11 is 0. The number of ether oxygens (including phenoxy) is 1. The van der Waals surface area contributed by atoms with Gasteiger partial charge in [-0.1, -0.05) is 0 Å². The third-order valence-electron chi connectivity index (χ3n) is 2.64. The predicted molar refractivity (Wildman–Crippen MR) is 82.3 cm³/mol. The molecule has 0 radical (unpaired) electrons. The Hall–Kier alpha value is -2.97. The van der Waals surface area contributed by atoms with Crippen LogP contribution in [-0.4, -0.2) is 43.4 Å². The van der Waals surface area contributed by atoms with Crippen molar-refractivity contribution in [2.24, 2.45) is 0 Å². The third-order valence-corrected chi connectivity index (χ3v) is 2.64. The van der Waals surface area contributed by atoms with Gasteiger partial charge in [0.25, 0.3) is 5.91 Å². The highest BCUT2D eigenvalue weighted by Crippen LogP contribution is 2.07. The summed E-state index contributed by atoms with van der Waals surface area (Å²) in [6, 6.07) is 5.14. The summed E-state index contributed by atoms with van der Waals surface area (Å²) in [4.78, 5) is 44.9. The fourth-order valence-corrected chi connectivity index (χ4v) is 1.53. The topological polar surface area (TPSA) is 114 Å². The van der Waals surface area contributed by atoms with Gasteiger partial charge in [-0.2, -0.15) is 0 Å². The van der Waals surface area contributed by atoms with Crippen LogP contribution in [0.3, 0.4) is 0 Å². The molecule has 0 heterocycles. The molecule has 0 spiro atoms. The normalized spacial score (nSPS) is 9.75. The molecule has 0 bridgehead atoms. The van der Waals surface area contributed by atoms with Gasteiger partial charge in [-0.25, -0.2) is 4.39 Å². The summed E-state index contributed by atoms with van der Waals surface area (Å²) in [7, 11) is 0. The molecule has 9 heteroatoms. The van der Waals surface area contributed by atoms with E-state index in [-0.39, 0.29) is 25.4 Å². The molecule has 0 aliphatic carbocycles. The van der Waals surface area contributed by atoms with E-state index >= 15 is 0 Å². The van der Waals surface area contributed by atoms with E-state index in [2.05, 4.69) is 20.7 Å². The number of amides is 3. The molecule has 3 N–H and O–H groups in total. The summed E-state index contributed by atoms with van der Waals surface area (Å²) in [6.07, 6.45) is -0.0576. The van der Waals surface area contributed by atoms with Crippen LogP contribution in [0.15, 0.2) is 24.3 Å². The van der Waals surface area contributed by atoms with E-state index in [1.807, 2.05) is 0 Å². The molecule has 0 unspecified atom stereocenters. The zero-order chi connectivity index (χ0) is 17.9. The summed E-state index contributed by atoms with van der Waals surface area (Å²) in [5, 5.41) is 7.15. The molecule has 0 fully saturated rings. The molecule has 0 aliphatic heterocycles. The van der Waals surface area contributed by atoms with E-state index < -0.39 is 30.2 Å². The molecule has 24 heavy (non-hydrogen) atoms. The molecule has 8 nitrogen and oxygen atoms in total. The second-order valence-corrected chi connectivity index (χ2v) is 4.73. The number of halogens is 1. The molecule has 3 amide bonds. The van der Waals surface area contributed by atoms with Crippen molar-refractivity contribution in [3.63, 3.8) is 0 Å². The molecule has 0 aliphatic rings. The number of rotatable bonds is 8. The number of esters is 1. The average molecular weight is 339 g/mol. The van der Waals surface area contributed by atoms with Gasteiger partial charge in [0.1, 0.15) is 5.82 Å². The van der Waals surface area contributed by atoms with Gasteiger partial charge in [-0.05, 0) is 24.3 Å². The van der Waals surface area contributed by atoms with Crippen LogP contribution in [0.5, 0.6) is 0 Å². The number of hydrogen-bond donors (Lipinski definition) is 3. The van der Waals surface area contributed by atoms with Gasteiger partial charge in [0.05, 0.1) is 13.0 Å². The molecule has 0 saturated heterocycles. The van der Waals surface area contributed by atoms with Crippen molar-refractivity contribution in [2.75, 3.05) is 25.0 Å². The lowest BCUT2D eigenvalue weighted by molar-refractivity contribution is -0.148. The van der Waals surface area contributed by atoms with Gasteiger partial charge in [0.15, 0.2) is 6.61 Å². The lowest BCUT2D eigenvalue weighted by Gasteiger charge is -2.08. The molecular weight excluding hydrogens is 321 g/mol. The van der Waals surface area contributed by atoms with Crippen LogP contribution in [0.2, 0.25) is 0 Å². The van der Waals surface area contributed by atoms with Crippen LogP contribution in [0.1, 0.15) is 13.3 Å².